The van der Waals surface area contributed by atoms with Gasteiger partial charge in [0.15, 0.2) is 0 Å². The van der Waals surface area contributed by atoms with Crippen molar-refractivity contribution in [2.75, 3.05) is 0 Å². The van der Waals surface area contributed by atoms with Gasteiger partial charge in [-0.3, -0.25) is 4.79 Å². The number of allylic oxidation sites excluding steroid dienone is 2. The number of rotatable bonds is 5. The van der Waals surface area contributed by atoms with Gasteiger partial charge < -0.3 is 0 Å². The lowest BCUT2D eigenvalue weighted by Gasteiger charge is -2.02. The van der Waals surface area contributed by atoms with Gasteiger partial charge in [0.25, 0.3) is 0 Å². The monoisotopic (exact) mass is 202 g/mol. The molecular weight excluding hydrogens is 188 g/mol. The number of carbonyl (C=O) groups is 1. The molecule has 68 valence electrons. The summed E-state index contributed by atoms with van der Waals surface area (Å²) in [4.78, 5) is 10.3. The predicted molar refractivity (Wildman–Crippen MR) is 59.3 cm³/mol. The molecule has 1 nitrogen and oxygen atoms in total. The van der Waals surface area contributed by atoms with E-state index in [0.717, 1.165) is 11.9 Å². The second-order valence-electron chi connectivity index (χ2n) is 2.40. The zero-order chi connectivity index (χ0) is 9.40. The predicted octanol–water partition coefficient (Wildman–Crippen LogP) is 3.44. The zero-order valence-corrected chi connectivity index (χ0v) is 9.24. The molecule has 0 radical (unpaired) electrons. The molecule has 0 bridgehead atoms. The summed E-state index contributed by atoms with van der Waals surface area (Å²) in [6.45, 7) is 5.89. The van der Waals surface area contributed by atoms with Gasteiger partial charge in [0.05, 0.1) is 0 Å². The molecule has 0 saturated carbocycles. The summed E-state index contributed by atoms with van der Waals surface area (Å²) < 4.78 is 0. The maximum absolute atomic E-state index is 10.3. The van der Waals surface area contributed by atoms with Crippen molar-refractivity contribution in [3.8, 4) is 0 Å². The third-order valence-corrected chi connectivity index (χ3v) is 3.59. The fourth-order valence-corrected chi connectivity index (χ4v) is 2.45. The Morgan fingerprint density at radius 1 is 1.50 bits per heavy atom. The second-order valence-corrected chi connectivity index (χ2v) is 4.95. The molecule has 0 aromatic heterocycles. The van der Waals surface area contributed by atoms with Crippen molar-refractivity contribution in [3.63, 3.8) is 0 Å². The van der Waals surface area contributed by atoms with Crippen LogP contribution in [0.25, 0.3) is 0 Å². The molecule has 0 aliphatic carbocycles. The van der Waals surface area contributed by atoms with Crippen LogP contribution in [-0.2, 0) is 4.79 Å². The maximum atomic E-state index is 10.3. The second kappa shape index (κ2) is 7.50. The molecule has 12 heavy (non-hydrogen) atoms. The Labute approximate surface area is 82.1 Å². The van der Waals surface area contributed by atoms with Crippen molar-refractivity contribution in [2.45, 2.75) is 26.0 Å². The van der Waals surface area contributed by atoms with Crippen molar-refractivity contribution in [1.82, 2.24) is 0 Å². The Kier molecular flexibility index (Phi) is 7.40. The third kappa shape index (κ3) is 6.55. The zero-order valence-electron chi connectivity index (χ0n) is 7.61. The standard InChI is InChI=1S/C9H14OS2/c1-4-5-11-12-9(3)6-8(2)7-10/h4-7,9H,1-3H3/b5-4+,8-6+. The average molecular weight is 202 g/mol. The first-order chi connectivity index (χ1) is 5.70. The van der Waals surface area contributed by atoms with Gasteiger partial charge in [-0.05, 0) is 31.8 Å². The summed E-state index contributed by atoms with van der Waals surface area (Å²) >= 11 is 0. The van der Waals surface area contributed by atoms with Gasteiger partial charge in [-0.15, -0.1) is 0 Å². The minimum Gasteiger partial charge on any atom is -0.298 e. The SMILES string of the molecule is C/C=C/SSC(C)/C=C(\C)C=O. The number of carbonyl (C=O) groups excluding carboxylic acids is 1. The number of hydrogen-bond donors (Lipinski definition) is 0. The van der Waals surface area contributed by atoms with Gasteiger partial charge in [0, 0.05) is 5.25 Å². The van der Waals surface area contributed by atoms with Crippen LogP contribution in [0.2, 0.25) is 0 Å². The van der Waals surface area contributed by atoms with Gasteiger partial charge >= 0.3 is 0 Å². The van der Waals surface area contributed by atoms with E-state index in [9.17, 15) is 4.79 Å². The van der Waals surface area contributed by atoms with Crippen LogP contribution in [0.15, 0.2) is 23.1 Å². The lowest BCUT2D eigenvalue weighted by Crippen LogP contribution is -1.89. The molecule has 0 heterocycles. The van der Waals surface area contributed by atoms with E-state index in [1.54, 1.807) is 21.6 Å². The highest BCUT2D eigenvalue weighted by atomic mass is 33.1. The lowest BCUT2D eigenvalue weighted by molar-refractivity contribution is -0.104. The fraction of sp³-hybridized carbons (Fsp3) is 0.444. The molecule has 0 fully saturated rings. The molecule has 0 aliphatic heterocycles. The minimum atomic E-state index is 0.386. The minimum absolute atomic E-state index is 0.386. The smallest absolute Gasteiger partial charge is 0.145 e. The molecule has 0 spiro atoms. The van der Waals surface area contributed by atoms with Crippen LogP contribution in [0.3, 0.4) is 0 Å². The van der Waals surface area contributed by atoms with Gasteiger partial charge in [-0.25, -0.2) is 0 Å². The summed E-state index contributed by atoms with van der Waals surface area (Å²) in [6, 6.07) is 0. The fourth-order valence-electron chi connectivity index (χ4n) is 0.613. The summed E-state index contributed by atoms with van der Waals surface area (Å²) in [6.07, 6.45) is 4.85. The van der Waals surface area contributed by atoms with Crippen molar-refractivity contribution in [1.29, 1.82) is 0 Å². The highest BCUT2D eigenvalue weighted by Gasteiger charge is 1.97. The van der Waals surface area contributed by atoms with Gasteiger partial charge in [0.2, 0.25) is 0 Å². The molecule has 1 unspecified atom stereocenters. The van der Waals surface area contributed by atoms with Crippen LogP contribution < -0.4 is 0 Å². The first kappa shape index (κ1) is 11.8. The first-order valence-electron chi connectivity index (χ1n) is 3.77. The summed E-state index contributed by atoms with van der Waals surface area (Å²) in [5.74, 6) is 0. The lowest BCUT2D eigenvalue weighted by atomic mass is 10.3. The van der Waals surface area contributed by atoms with Crippen LogP contribution >= 0.6 is 21.6 Å². The quantitative estimate of drug-likeness (QED) is 0.386. The number of hydrogen-bond acceptors (Lipinski definition) is 3. The first-order valence-corrected chi connectivity index (χ1v) is 6.05. The topological polar surface area (TPSA) is 17.1 Å². The summed E-state index contributed by atoms with van der Waals surface area (Å²) in [7, 11) is 3.43. The van der Waals surface area contributed by atoms with Crippen LogP contribution in [-0.4, -0.2) is 11.5 Å². The molecule has 0 rings (SSSR count). The van der Waals surface area contributed by atoms with E-state index in [2.05, 4.69) is 6.92 Å². The van der Waals surface area contributed by atoms with E-state index < -0.39 is 0 Å². The van der Waals surface area contributed by atoms with Crippen LogP contribution in [0.1, 0.15) is 20.8 Å². The maximum Gasteiger partial charge on any atom is 0.145 e. The summed E-state index contributed by atoms with van der Waals surface area (Å²) in [5.41, 5.74) is 0.802. The molecule has 0 saturated heterocycles. The van der Waals surface area contributed by atoms with Crippen LogP contribution in [0, 0.1) is 0 Å². The molecule has 0 N–H and O–H groups in total. The van der Waals surface area contributed by atoms with E-state index >= 15 is 0 Å². The Morgan fingerprint density at radius 2 is 2.17 bits per heavy atom. The normalized spacial score (nSPS) is 15.1. The molecule has 0 aromatic carbocycles. The van der Waals surface area contributed by atoms with Gasteiger partial charge in [-0.1, -0.05) is 33.7 Å². The Balaban J connectivity index is 3.72. The van der Waals surface area contributed by atoms with Gasteiger partial charge in [-0.2, -0.15) is 0 Å². The average Bonchev–Trinajstić information content (AvgIpc) is 2.05. The largest absolute Gasteiger partial charge is 0.298 e. The molecular formula is C9H14OS2. The van der Waals surface area contributed by atoms with Crippen molar-refractivity contribution in [2.24, 2.45) is 0 Å². The van der Waals surface area contributed by atoms with E-state index in [0.29, 0.717) is 5.25 Å². The Bertz CT molecular complexity index is 185. The van der Waals surface area contributed by atoms with Crippen molar-refractivity contribution >= 4 is 27.9 Å². The van der Waals surface area contributed by atoms with E-state index in [1.165, 1.54) is 0 Å². The van der Waals surface area contributed by atoms with E-state index in [4.69, 9.17) is 0 Å². The Morgan fingerprint density at radius 3 is 2.67 bits per heavy atom. The van der Waals surface area contributed by atoms with Crippen molar-refractivity contribution < 1.29 is 4.79 Å². The summed E-state index contributed by atoms with van der Waals surface area (Å²) in [5, 5.41) is 2.42. The van der Waals surface area contributed by atoms with Gasteiger partial charge in [0.1, 0.15) is 6.29 Å². The van der Waals surface area contributed by atoms with Crippen LogP contribution in [0.4, 0.5) is 0 Å². The highest BCUT2D eigenvalue weighted by Crippen LogP contribution is 2.28. The van der Waals surface area contributed by atoms with Crippen LogP contribution in [0.5, 0.6) is 0 Å². The number of aldehydes is 1. The molecule has 1 atom stereocenters. The highest BCUT2D eigenvalue weighted by molar-refractivity contribution is 8.78. The van der Waals surface area contributed by atoms with E-state index in [-0.39, 0.29) is 0 Å². The molecule has 0 aromatic rings. The third-order valence-electron chi connectivity index (χ3n) is 1.08. The molecule has 0 amide bonds. The van der Waals surface area contributed by atoms with E-state index in [1.807, 2.05) is 31.4 Å². The molecule has 0 aliphatic rings. The van der Waals surface area contributed by atoms with Crippen molar-refractivity contribution in [3.05, 3.63) is 23.1 Å². The Hall–Kier alpha value is -0.150. The molecule has 3 heteroatoms.